The molecule has 0 aliphatic carbocycles. The van der Waals surface area contributed by atoms with Crippen LogP contribution in [0.4, 0.5) is 4.79 Å². The zero-order valence-corrected chi connectivity index (χ0v) is 15.2. The number of rotatable bonds is 2. The molecule has 3 N–H and O–H groups in total. The van der Waals surface area contributed by atoms with Crippen LogP contribution in [0.3, 0.4) is 0 Å². The molecular formula is C18H21ClN4O3. The summed E-state index contributed by atoms with van der Waals surface area (Å²) >= 11 is 6.15. The Kier molecular flexibility index (Phi) is 4.20. The summed E-state index contributed by atoms with van der Waals surface area (Å²) in [5.41, 5.74) is 2.68. The molecule has 1 fully saturated rings. The number of hydrogen-bond donors (Lipinski definition) is 2. The van der Waals surface area contributed by atoms with Crippen molar-refractivity contribution < 1.29 is 14.3 Å². The van der Waals surface area contributed by atoms with E-state index in [9.17, 15) is 9.90 Å². The molecular weight excluding hydrogens is 356 g/mol. The fourth-order valence-electron chi connectivity index (χ4n) is 3.83. The first-order valence-corrected chi connectivity index (χ1v) is 9.04. The smallest absolute Gasteiger partial charge is 0.407 e. The van der Waals surface area contributed by atoms with E-state index in [1.54, 1.807) is 11.1 Å². The van der Waals surface area contributed by atoms with Crippen LogP contribution < -0.4 is 5.84 Å². The number of piperazine rings is 1. The van der Waals surface area contributed by atoms with Gasteiger partial charge in [-0.15, -0.1) is 0 Å². The van der Waals surface area contributed by atoms with Gasteiger partial charge >= 0.3 is 6.09 Å². The zero-order chi connectivity index (χ0) is 18.4. The van der Waals surface area contributed by atoms with E-state index in [1.165, 1.54) is 4.90 Å². The van der Waals surface area contributed by atoms with Crippen LogP contribution in [0.1, 0.15) is 24.7 Å². The van der Waals surface area contributed by atoms with Crippen LogP contribution in [0.5, 0.6) is 0 Å². The lowest BCUT2D eigenvalue weighted by molar-refractivity contribution is 0.0848. The molecule has 1 amide bonds. The number of hydrogen-bond acceptors (Lipinski definition) is 5. The van der Waals surface area contributed by atoms with Gasteiger partial charge < -0.3 is 24.3 Å². The van der Waals surface area contributed by atoms with Gasteiger partial charge in [-0.25, -0.2) is 10.6 Å². The molecule has 4 rings (SSSR count). The first-order valence-electron chi connectivity index (χ1n) is 8.67. The summed E-state index contributed by atoms with van der Waals surface area (Å²) in [6.45, 7) is 4.21. The molecule has 2 aliphatic rings. The van der Waals surface area contributed by atoms with Gasteiger partial charge in [0.15, 0.2) is 5.76 Å². The van der Waals surface area contributed by atoms with Crippen LogP contribution in [-0.2, 0) is 6.54 Å². The molecule has 2 aliphatic heterocycles. The van der Waals surface area contributed by atoms with Crippen LogP contribution in [0.15, 0.2) is 28.8 Å². The molecule has 8 heteroatoms. The molecule has 2 aromatic rings. The van der Waals surface area contributed by atoms with Crippen molar-refractivity contribution in [3.8, 4) is 0 Å². The second kappa shape index (κ2) is 6.41. The molecule has 1 saturated heterocycles. The second-order valence-corrected chi connectivity index (χ2v) is 7.16. The minimum absolute atomic E-state index is 0.0578. The highest BCUT2D eigenvalue weighted by Crippen LogP contribution is 2.37. The standard InChI is InChI=1S/C18H21ClN4O3/c1-2-12-8-21(5-6-23(12)18(24)25)15-10-22(20)9-14-13-7-11(19)3-4-16(13)26-17(14)15/h3-4,7,10,12H,2,5-6,8-9,20H2,1H3,(H,24,25). The van der Waals surface area contributed by atoms with E-state index in [-0.39, 0.29) is 6.04 Å². The van der Waals surface area contributed by atoms with Gasteiger partial charge in [-0.05, 0) is 24.6 Å². The van der Waals surface area contributed by atoms with Crippen molar-refractivity contribution in [1.29, 1.82) is 0 Å². The fraction of sp³-hybridized carbons (Fsp3) is 0.389. The molecule has 0 bridgehead atoms. The highest BCUT2D eigenvalue weighted by Gasteiger charge is 2.34. The minimum atomic E-state index is -0.867. The van der Waals surface area contributed by atoms with Crippen molar-refractivity contribution in [2.75, 3.05) is 19.6 Å². The maximum atomic E-state index is 11.4. The number of carbonyl (C=O) groups is 1. The summed E-state index contributed by atoms with van der Waals surface area (Å²) in [7, 11) is 0. The Morgan fingerprint density at radius 2 is 2.23 bits per heavy atom. The Morgan fingerprint density at radius 1 is 1.42 bits per heavy atom. The van der Waals surface area contributed by atoms with E-state index in [2.05, 4.69) is 4.90 Å². The monoisotopic (exact) mass is 376 g/mol. The third kappa shape index (κ3) is 2.77. The van der Waals surface area contributed by atoms with Crippen molar-refractivity contribution in [2.24, 2.45) is 5.84 Å². The fourth-order valence-corrected chi connectivity index (χ4v) is 4.00. The van der Waals surface area contributed by atoms with E-state index in [0.29, 0.717) is 31.2 Å². The number of benzene rings is 1. The Morgan fingerprint density at radius 3 is 2.96 bits per heavy atom. The summed E-state index contributed by atoms with van der Waals surface area (Å²) in [6, 6.07) is 5.51. The van der Waals surface area contributed by atoms with Gasteiger partial charge in [-0.2, -0.15) is 0 Å². The average molecular weight is 377 g/mol. The van der Waals surface area contributed by atoms with Crippen LogP contribution in [-0.4, -0.2) is 51.7 Å². The lowest BCUT2D eigenvalue weighted by Crippen LogP contribution is -2.54. The highest BCUT2D eigenvalue weighted by atomic mass is 35.5. The van der Waals surface area contributed by atoms with Gasteiger partial charge in [0.2, 0.25) is 0 Å². The topological polar surface area (TPSA) is 86.2 Å². The van der Waals surface area contributed by atoms with Crippen molar-refractivity contribution in [2.45, 2.75) is 25.9 Å². The molecule has 1 aromatic carbocycles. The first-order chi connectivity index (χ1) is 12.5. The molecule has 1 atom stereocenters. The number of fused-ring (bicyclic) bond motifs is 3. The van der Waals surface area contributed by atoms with Crippen LogP contribution in [0, 0.1) is 0 Å². The van der Waals surface area contributed by atoms with Crippen LogP contribution >= 0.6 is 11.6 Å². The second-order valence-electron chi connectivity index (χ2n) is 6.72. The summed E-state index contributed by atoms with van der Waals surface area (Å²) in [4.78, 5) is 15.1. The first kappa shape index (κ1) is 17.1. The van der Waals surface area contributed by atoms with Gasteiger partial charge in [0.25, 0.3) is 0 Å². The number of furan rings is 1. The van der Waals surface area contributed by atoms with Gasteiger partial charge in [0.1, 0.15) is 5.58 Å². The molecule has 0 radical (unpaired) electrons. The average Bonchev–Trinajstić information content (AvgIpc) is 2.98. The van der Waals surface area contributed by atoms with Gasteiger partial charge in [-0.1, -0.05) is 18.5 Å². The molecule has 1 aromatic heterocycles. The summed E-state index contributed by atoms with van der Waals surface area (Å²) in [6.07, 6.45) is 1.76. The van der Waals surface area contributed by atoms with Crippen LogP contribution in [0.2, 0.25) is 5.02 Å². The zero-order valence-electron chi connectivity index (χ0n) is 14.5. The van der Waals surface area contributed by atoms with E-state index in [4.69, 9.17) is 21.9 Å². The Balaban J connectivity index is 1.72. The lowest BCUT2D eigenvalue weighted by atomic mass is 10.0. The van der Waals surface area contributed by atoms with Crippen molar-refractivity contribution >= 4 is 34.4 Å². The van der Waals surface area contributed by atoms with E-state index in [1.807, 2.05) is 25.3 Å². The molecule has 3 heterocycles. The largest absolute Gasteiger partial charge is 0.465 e. The maximum Gasteiger partial charge on any atom is 0.407 e. The Hall–Kier alpha value is -2.38. The van der Waals surface area contributed by atoms with Crippen molar-refractivity contribution in [3.05, 3.63) is 40.7 Å². The molecule has 7 nitrogen and oxygen atoms in total. The third-order valence-corrected chi connectivity index (χ3v) is 5.39. The number of nitrogens with zero attached hydrogens (tertiary/aromatic N) is 3. The summed E-state index contributed by atoms with van der Waals surface area (Å²) in [5.74, 6) is 6.92. The lowest BCUT2D eigenvalue weighted by Gasteiger charge is -2.42. The Labute approximate surface area is 156 Å². The quantitative estimate of drug-likeness (QED) is 0.783. The molecule has 0 saturated carbocycles. The number of amides is 1. The van der Waals surface area contributed by atoms with Crippen LogP contribution in [0.25, 0.3) is 16.7 Å². The number of hydrazine groups is 1. The third-order valence-electron chi connectivity index (χ3n) is 5.15. The van der Waals surface area contributed by atoms with E-state index < -0.39 is 6.09 Å². The Bertz CT molecular complexity index is 894. The van der Waals surface area contributed by atoms with Crippen molar-refractivity contribution in [1.82, 2.24) is 14.8 Å². The van der Waals surface area contributed by atoms with Crippen molar-refractivity contribution in [3.63, 3.8) is 0 Å². The van der Waals surface area contributed by atoms with Gasteiger partial charge in [-0.3, -0.25) is 0 Å². The summed E-state index contributed by atoms with van der Waals surface area (Å²) in [5, 5.41) is 12.6. The number of nitrogens with two attached hydrogens (primary N) is 1. The SMILES string of the molecule is CCC1CN(C2=CN(N)Cc3c2oc2ccc(Cl)cc32)CCN1C(=O)O. The molecule has 26 heavy (non-hydrogen) atoms. The number of carboxylic acid groups (broad SMARTS) is 1. The van der Waals surface area contributed by atoms with E-state index in [0.717, 1.165) is 34.4 Å². The predicted octanol–water partition coefficient (Wildman–Crippen LogP) is 3.15. The highest BCUT2D eigenvalue weighted by molar-refractivity contribution is 6.31. The van der Waals surface area contributed by atoms with E-state index >= 15 is 0 Å². The summed E-state index contributed by atoms with van der Waals surface area (Å²) < 4.78 is 6.12. The normalized spacial score (nSPS) is 20.3. The van der Waals surface area contributed by atoms with Gasteiger partial charge in [0, 0.05) is 41.8 Å². The predicted molar refractivity (Wildman–Crippen MR) is 99.3 cm³/mol. The number of halogens is 1. The van der Waals surface area contributed by atoms with Gasteiger partial charge in [0.05, 0.1) is 18.3 Å². The molecule has 0 spiro atoms. The minimum Gasteiger partial charge on any atom is -0.465 e. The molecule has 1 unspecified atom stereocenters. The maximum absolute atomic E-state index is 11.4. The molecule has 138 valence electrons.